The zero-order valence-corrected chi connectivity index (χ0v) is 13.3. The number of carbonyl (C=O) groups excluding carboxylic acids is 1. The SMILES string of the molecule is CCN[C@H](C)CNC(=O)CCc1ccc(OC)cc1.Cl. The topological polar surface area (TPSA) is 50.4 Å². The summed E-state index contributed by atoms with van der Waals surface area (Å²) in [6, 6.07) is 8.14. The van der Waals surface area contributed by atoms with Crippen molar-refractivity contribution in [2.75, 3.05) is 20.2 Å². The summed E-state index contributed by atoms with van der Waals surface area (Å²) in [6.45, 7) is 5.72. The van der Waals surface area contributed by atoms with Crippen LogP contribution >= 0.6 is 12.4 Å². The maximum Gasteiger partial charge on any atom is 0.220 e. The molecule has 0 aromatic heterocycles. The van der Waals surface area contributed by atoms with Crippen LogP contribution in [0.2, 0.25) is 0 Å². The molecule has 0 saturated heterocycles. The molecule has 0 heterocycles. The molecular formula is C15H25ClN2O2. The molecule has 1 aromatic carbocycles. The number of rotatable bonds is 8. The molecule has 1 amide bonds. The van der Waals surface area contributed by atoms with Gasteiger partial charge in [-0.25, -0.2) is 0 Å². The second-order valence-corrected chi connectivity index (χ2v) is 4.61. The van der Waals surface area contributed by atoms with E-state index in [1.54, 1.807) is 7.11 Å². The van der Waals surface area contributed by atoms with Crippen LogP contribution in [0.4, 0.5) is 0 Å². The van der Waals surface area contributed by atoms with Gasteiger partial charge in [-0.3, -0.25) is 4.79 Å². The number of amides is 1. The van der Waals surface area contributed by atoms with E-state index in [-0.39, 0.29) is 18.3 Å². The Bertz CT molecular complexity index is 382. The van der Waals surface area contributed by atoms with Crippen LogP contribution < -0.4 is 15.4 Å². The Kier molecular flexibility index (Phi) is 9.86. The normalized spacial score (nSPS) is 11.3. The molecule has 0 spiro atoms. The number of hydrogen-bond donors (Lipinski definition) is 2. The lowest BCUT2D eigenvalue weighted by atomic mass is 10.1. The molecular weight excluding hydrogens is 276 g/mol. The number of hydrogen-bond acceptors (Lipinski definition) is 3. The standard InChI is InChI=1S/C15H24N2O2.ClH/c1-4-16-12(2)11-17-15(18)10-7-13-5-8-14(19-3)9-6-13;/h5-6,8-9,12,16H,4,7,10-11H2,1-3H3,(H,17,18);1H/t12-;/m1./s1. The van der Waals surface area contributed by atoms with Gasteiger partial charge in [-0.1, -0.05) is 19.1 Å². The average molecular weight is 301 g/mol. The number of benzene rings is 1. The van der Waals surface area contributed by atoms with Crippen LogP contribution in [0.3, 0.4) is 0 Å². The molecule has 114 valence electrons. The highest BCUT2D eigenvalue weighted by molar-refractivity contribution is 5.85. The summed E-state index contributed by atoms with van der Waals surface area (Å²) in [5, 5.41) is 6.19. The fourth-order valence-electron chi connectivity index (χ4n) is 1.83. The van der Waals surface area contributed by atoms with Gasteiger partial charge in [-0.2, -0.15) is 0 Å². The fourth-order valence-corrected chi connectivity index (χ4v) is 1.83. The minimum Gasteiger partial charge on any atom is -0.497 e. The molecule has 0 radical (unpaired) electrons. The van der Waals surface area contributed by atoms with E-state index in [4.69, 9.17) is 4.74 Å². The second-order valence-electron chi connectivity index (χ2n) is 4.61. The molecule has 1 rings (SSSR count). The fraction of sp³-hybridized carbons (Fsp3) is 0.533. The van der Waals surface area contributed by atoms with Crippen LogP contribution in [0, 0.1) is 0 Å². The van der Waals surface area contributed by atoms with Crippen LogP contribution in [0.5, 0.6) is 5.75 Å². The third-order valence-corrected chi connectivity index (χ3v) is 2.96. The summed E-state index contributed by atoms with van der Waals surface area (Å²) in [6.07, 6.45) is 1.27. The number of aryl methyl sites for hydroxylation is 1. The largest absolute Gasteiger partial charge is 0.497 e. The molecule has 0 aliphatic rings. The van der Waals surface area contributed by atoms with Crippen molar-refractivity contribution < 1.29 is 9.53 Å². The van der Waals surface area contributed by atoms with E-state index in [2.05, 4.69) is 24.5 Å². The third-order valence-electron chi connectivity index (χ3n) is 2.96. The molecule has 5 heteroatoms. The van der Waals surface area contributed by atoms with Gasteiger partial charge in [-0.15, -0.1) is 12.4 Å². The summed E-state index contributed by atoms with van der Waals surface area (Å²) in [4.78, 5) is 11.7. The first-order valence-corrected chi connectivity index (χ1v) is 6.78. The van der Waals surface area contributed by atoms with Crippen molar-refractivity contribution in [3.05, 3.63) is 29.8 Å². The lowest BCUT2D eigenvalue weighted by Gasteiger charge is -2.13. The van der Waals surface area contributed by atoms with E-state index < -0.39 is 0 Å². The Hall–Kier alpha value is -1.26. The monoisotopic (exact) mass is 300 g/mol. The van der Waals surface area contributed by atoms with Crippen molar-refractivity contribution >= 4 is 18.3 Å². The van der Waals surface area contributed by atoms with E-state index in [0.717, 1.165) is 24.3 Å². The van der Waals surface area contributed by atoms with Gasteiger partial charge in [0, 0.05) is 19.0 Å². The highest BCUT2D eigenvalue weighted by Gasteiger charge is 2.05. The lowest BCUT2D eigenvalue weighted by Crippen LogP contribution is -2.38. The van der Waals surface area contributed by atoms with Gasteiger partial charge in [-0.05, 0) is 37.6 Å². The highest BCUT2D eigenvalue weighted by atomic mass is 35.5. The van der Waals surface area contributed by atoms with Gasteiger partial charge in [0.2, 0.25) is 5.91 Å². The smallest absolute Gasteiger partial charge is 0.220 e. The Balaban J connectivity index is 0.00000361. The van der Waals surface area contributed by atoms with Crippen molar-refractivity contribution in [2.24, 2.45) is 0 Å². The minimum absolute atomic E-state index is 0. The van der Waals surface area contributed by atoms with Crippen LogP contribution in [-0.4, -0.2) is 32.1 Å². The quantitative estimate of drug-likeness (QED) is 0.773. The van der Waals surface area contributed by atoms with Crippen molar-refractivity contribution in [2.45, 2.75) is 32.7 Å². The molecule has 0 unspecified atom stereocenters. The van der Waals surface area contributed by atoms with Gasteiger partial charge in [0.1, 0.15) is 5.75 Å². The van der Waals surface area contributed by atoms with Crippen LogP contribution in [0.15, 0.2) is 24.3 Å². The maximum absolute atomic E-state index is 11.7. The molecule has 0 saturated carbocycles. The molecule has 0 aliphatic heterocycles. The van der Waals surface area contributed by atoms with Crippen molar-refractivity contribution in [3.8, 4) is 5.75 Å². The molecule has 0 aliphatic carbocycles. The first kappa shape index (κ1) is 18.7. The summed E-state index contributed by atoms with van der Waals surface area (Å²) in [7, 11) is 1.65. The third kappa shape index (κ3) is 7.36. The van der Waals surface area contributed by atoms with E-state index in [1.807, 2.05) is 24.3 Å². The second kappa shape index (κ2) is 10.5. The molecule has 0 bridgehead atoms. The summed E-state index contributed by atoms with van der Waals surface area (Å²) in [5.41, 5.74) is 1.15. The van der Waals surface area contributed by atoms with Crippen LogP contribution in [-0.2, 0) is 11.2 Å². The highest BCUT2D eigenvalue weighted by Crippen LogP contribution is 2.12. The van der Waals surface area contributed by atoms with Crippen molar-refractivity contribution in [1.29, 1.82) is 0 Å². The number of nitrogens with one attached hydrogen (secondary N) is 2. The van der Waals surface area contributed by atoms with Crippen molar-refractivity contribution in [3.63, 3.8) is 0 Å². The number of halogens is 1. The molecule has 1 aromatic rings. The average Bonchev–Trinajstić information content (AvgIpc) is 2.44. The van der Waals surface area contributed by atoms with Crippen LogP contribution in [0.25, 0.3) is 0 Å². The van der Waals surface area contributed by atoms with Crippen molar-refractivity contribution in [1.82, 2.24) is 10.6 Å². The Morgan fingerprint density at radius 1 is 1.30 bits per heavy atom. The number of carbonyl (C=O) groups is 1. The molecule has 0 fully saturated rings. The maximum atomic E-state index is 11.7. The molecule has 4 nitrogen and oxygen atoms in total. The predicted molar refractivity (Wildman–Crippen MR) is 84.7 cm³/mol. The number of likely N-dealkylation sites (N-methyl/N-ethyl adjacent to an activating group) is 1. The van der Waals surface area contributed by atoms with Crippen LogP contribution in [0.1, 0.15) is 25.8 Å². The molecule has 2 N–H and O–H groups in total. The number of methoxy groups -OCH3 is 1. The van der Waals surface area contributed by atoms with E-state index in [9.17, 15) is 4.79 Å². The first-order chi connectivity index (χ1) is 9.15. The van der Waals surface area contributed by atoms with Gasteiger partial charge < -0.3 is 15.4 Å². The van der Waals surface area contributed by atoms with E-state index in [0.29, 0.717) is 19.0 Å². The predicted octanol–water partition coefficient (Wildman–Crippen LogP) is 2.16. The Morgan fingerprint density at radius 3 is 2.50 bits per heavy atom. The van der Waals surface area contributed by atoms with Gasteiger partial charge in [0.15, 0.2) is 0 Å². The molecule has 20 heavy (non-hydrogen) atoms. The summed E-state index contributed by atoms with van der Waals surface area (Å²) >= 11 is 0. The van der Waals surface area contributed by atoms with Gasteiger partial charge >= 0.3 is 0 Å². The summed E-state index contributed by atoms with van der Waals surface area (Å²) in [5.74, 6) is 0.938. The Morgan fingerprint density at radius 2 is 1.95 bits per heavy atom. The van der Waals surface area contributed by atoms with E-state index in [1.165, 1.54) is 0 Å². The first-order valence-electron chi connectivity index (χ1n) is 6.78. The van der Waals surface area contributed by atoms with Gasteiger partial charge in [0.05, 0.1) is 7.11 Å². The minimum atomic E-state index is 0. The lowest BCUT2D eigenvalue weighted by molar-refractivity contribution is -0.121. The summed E-state index contributed by atoms with van der Waals surface area (Å²) < 4.78 is 5.10. The van der Waals surface area contributed by atoms with Gasteiger partial charge in [0.25, 0.3) is 0 Å². The molecule has 1 atom stereocenters. The zero-order chi connectivity index (χ0) is 14.1. The zero-order valence-electron chi connectivity index (χ0n) is 12.4. The van der Waals surface area contributed by atoms with E-state index >= 15 is 0 Å². The number of ether oxygens (including phenoxy) is 1. The Labute approximate surface area is 127 Å².